The zero-order chi connectivity index (χ0) is 18.8. The Bertz CT molecular complexity index is 987. The molecule has 6 heteroatoms. The van der Waals surface area contributed by atoms with Crippen LogP contribution in [0.25, 0.3) is 0 Å². The van der Waals surface area contributed by atoms with Crippen LogP contribution < -0.4 is 10.7 Å². The van der Waals surface area contributed by atoms with Gasteiger partial charge in [-0.1, -0.05) is 42.5 Å². The molecule has 6 nitrogen and oxygen atoms in total. The van der Waals surface area contributed by atoms with Crippen LogP contribution in [0.2, 0.25) is 0 Å². The second-order valence-electron chi connectivity index (χ2n) is 6.17. The van der Waals surface area contributed by atoms with Gasteiger partial charge in [-0.25, -0.2) is 5.01 Å². The van der Waals surface area contributed by atoms with Crippen LogP contribution in [-0.2, 0) is 0 Å². The summed E-state index contributed by atoms with van der Waals surface area (Å²) in [6.45, 7) is 0. The molecule has 3 aromatic rings. The molecule has 0 saturated carbocycles. The summed E-state index contributed by atoms with van der Waals surface area (Å²) in [5.41, 5.74) is 5.05. The molecular formula is C21H17N3O3. The minimum Gasteiger partial charge on any atom is -0.508 e. The molecule has 3 aromatic carbocycles. The Kier molecular flexibility index (Phi) is 4.22. The van der Waals surface area contributed by atoms with E-state index >= 15 is 0 Å². The van der Waals surface area contributed by atoms with Gasteiger partial charge in [0.25, 0.3) is 11.8 Å². The Balaban J connectivity index is 1.71. The quantitative estimate of drug-likeness (QED) is 0.670. The highest BCUT2D eigenvalue weighted by Gasteiger charge is 2.34. The molecule has 1 aliphatic rings. The maximum atomic E-state index is 13.1. The molecule has 3 N–H and O–H groups in total. The Hall–Kier alpha value is -3.80. The first-order valence-corrected chi connectivity index (χ1v) is 8.47. The van der Waals surface area contributed by atoms with Crippen LogP contribution in [-0.4, -0.2) is 21.9 Å². The van der Waals surface area contributed by atoms with Crippen LogP contribution in [0, 0.1) is 0 Å². The molecule has 0 bridgehead atoms. The van der Waals surface area contributed by atoms with Gasteiger partial charge in [0, 0.05) is 11.3 Å². The molecule has 0 spiro atoms. The van der Waals surface area contributed by atoms with Gasteiger partial charge in [0.2, 0.25) is 0 Å². The van der Waals surface area contributed by atoms with E-state index in [-0.39, 0.29) is 17.6 Å². The summed E-state index contributed by atoms with van der Waals surface area (Å²) in [5.74, 6) is -0.568. The predicted octanol–water partition coefficient (Wildman–Crippen LogP) is 3.30. The molecular weight excluding hydrogens is 342 g/mol. The second kappa shape index (κ2) is 6.84. The van der Waals surface area contributed by atoms with Crippen molar-refractivity contribution in [1.82, 2.24) is 10.4 Å². The van der Waals surface area contributed by atoms with Gasteiger partial charge in [-0.15, -0.1) is 0 Å². The van der Waals surface area contributed by atoms with Crippen LogP contribution in [0.1, 0.15) is 32.4 Å². The number of para-hydroxylation sites is 1. The van der Waals surface area contributed by atoms with Crippen LogP contribution in [0.5, 0.6) is 5.75 Å². The summed E-state index contributed by atoms with van der Waals surface area (Å²) in [6.07, 6.45) is -0.610. The number of hydrogen-bond acceptors (Lipinski definition) is 4. The second-order valence-corrected chi connectivity index (χ2v) is 6.17. The third-order valence-corrected chi connectivity index (χ3v) is 4.39. The summed E-state index contributed by atoms with van der Waals surface area (Å²) < 4.78 is 0. The standard InChI is InChI=1S/C21H17N3O3/c25-16-12-10-14(11-13-16)19-22-18-9-5-4-8-17(18)21(27)24(19)23-20(26)15-6-2-1-3-7-15/h1-13,19,22,25H,(H,23,26). The average Bonchev–Trinajstić information content (AvgIpc) is 2.71. The number of nitrogens with zero attached hydrogens (tertiary/aromatic N) is 1. The highest BCUT2D eigenvalue weighted by atomic mass is 16.3. The van der Waals surface area contributed by atoms with E-state index in [4.69, 9.17) is 0 Å². The molecule has 134 valence electrons. The van der Waals surface area contributed by atoms with Crippen molar-refractivity contribution in [3.05, 3.63) is 95.6 Å². The molecule has 1 unspecified atom stereocenters. The monoisotopic (exact) mass is 359 g/mol. The molecule has 0 radical (unpaired) electrons. The number of carbonyl (C=O) groups is 2. The lowest BCUT2D eigenvalue weighted by Gasteiger charge is -2.37. The lowest BCUT2D eigenvalue weighted by atomic mass is 10.0. The SMILES string of the molecule is O=C(NN1C(=O)c2ccccc2NC1c1ccc(O)cc1)c1ccccc1. The predicted molar refractivity (Wildman–Crippen MR) is 101 cm³/mol. The number of amides is 2. The number of hydrogen-bond donors (Lipinski definition) is 3. The fraction of sp³-hybridized carbons (Fsp3) is 0.0476. The van der Waals surface area contributed by atoms with Crippen molar-refractivity contribution < 1.29 is 14.7 Å². The molecule has 0 aliphatic carbocycles. The number of nitrogens with one attached hydrogen (secondary N) is 2. The summed E-state index contributed by atoms with van der Waals surface area (Å²) in [7, 11) is 0. The molecule has 1 heterocycles. The third kappa shape index (κ3) is 3.20. The first-order chi connectivity index (χ1) is 13.1. The van der Waals surface area contributed by atoms with E-state index in [1.165, 1.54) is 5.01 Å². The Morgan fingerprint density at radius 3 is 2.33 bits per heavy atom. The smallest absolute Gasteiger partial charge is 0.276 e. The van der Waals surface area contributed by atoms with Gasteiger partial charge in [0.1, 0.15) is 11.9 Å². The minimum atomic E-state index is -0.610. The topological polar surface area (TPSA) is 81.7 Å². The Morgan fingerprint density at radius 1 is 0.926 bits per heavy atom. The van der Waals surface area contributed by atoms with Gasteiger partial charge in [0.05, 0.1) is 5.56 Å². The van der Waals surface area contributed by atoms with Crippen molar-refractivity contribution in [2.75, 3.05) is 5.32 Å². The minimum absolute atomic E-state index is 0.126. The molecule has 0 fully saturated rings. The van der Waals surface area contributed by atoms with Crippen molar-refractivity contribution in [3.63, 3.8) is 0 Å². The van der Waals surface area contributed by atoms with Crippen molar-refractivity contribution in [1.29, 1.82) is 0 Å². The van der Waals surface area contributed by atoms with E-state index < -0.39 is 6.17 Å². The van der Waals surface area contributed by atoms with Crippen LogP contribution in [0.4, 0.5) is 5.69 Å². The third-order valence-electron chi connectivity index (χ3n) is 4.39. The van der Waals surface area contributed by atoms with Crippen LogP contribution in [0.15, 0.2) is 78.9 Å². The number of fused-ring (bicyclic) bond motifs is 1. The van der Waals surface area contributed by atoms with E-state index in [2.05, 4.69) is 10.7 Å². The van der Waals surface area contributed by atoms with E-state index in [0.717, 1.165) is 5.56 Å². The summed E-state index contributed by atoms with van der Waals surface area (Å²) in [6, 6.07) is 22.3. The van der Waals surface area contributed by atoms with Crippen molar-refractivity contribution in [2.45, 2.75) is 6.17 Å². The first-order valence-electron chi connectivity index (χ1n) is 8.47. The van der Waals surface area contributed by atoms with Gasteiger partial charge in [-0.2, -0.15) is 0 Å². The molecule has 4 rings (SSSR count). The molecule has 0 aromatic heterocycles. The largest absolute Gasteiger partial charge is 0.508 e. The fourth-order valence-electron chi connectivity index (χ4n) is 3.02. The highest BCUT2D eigenvalue weighted by Crippen LogP contribution is 2.32. The Labute approximate surface area is 156 Å². The van der Waals surface area contributed by atoms with E-state index in [1.807, 2.05) is 18.2 Å². The van der Waals surface area contributed by atoms with Crippen molar-refractivity contribution >= 4 is 17.5 Å². The average molecular weight is 359 g/mol. The zero-order valence-corrected chi connectivity index (χ0v) is 14.3. The number of anilines is 1. The Morgan fingerprint density at radius 2 is 1.59 bits per heavy atom. The number of carbonyl (C=O) groups excluding carboxylic acids is 2. The van der Waals surface area contributed by atoms with Crippen molar-refractivity contribution in [2.24, 2.45) is 0 Å². The molecule has 1 aliphatic heterocycles. The summed E-state index contributed by atoms with van der Waals surface area (Å²) >= 11 is 0. The van der Waals surface area contributed by atoms with Gasteiger partial charge in [-0.05, 0) is 42.0 Å². The number of phenolic OH excluding ortho intramolecular Hbond substituents is 1. The van der Waals surface area contributed by atoms with Crippen molar-refractivity contribution in [3.8, 4) is 5.75 Å². The number of phenols is 1. The number of rotatable bonds is 3. The maximum absolute atomic E-state index is 13.1. The van der Waals surface area contributed by atoms with E-state index in [9.17, 15) is 14.7 Å². The lowest BCUT2D eigenvalue weighted by molar-refractivity contribution is 0.0491. The summed E-state index contributed by atoms with van der Waals surface area (Å²) in [4.78, 5) is 25.7. The molecule has 1 atom stereocenters. The normalized spacial score (nSPS) is 15.6. The fourth-order valence-corrected chi connectivity index (χ4v) is 3.02. The molecule has 2 amide bonds. The number of aromatic hydroxyl groups is 1. The van der Waals surface area contributed by atoms with Gasteiger partial charge < -0.3 is 10.4 Å². The van der Waals surface area contributed by atoms with E-state index in [0.29, 0.717) is 16.8 Å². The number of hydrazine groups is 1. The maximum Gasteiger partial charge on any atom is 0.276 e. The highest BCUT2D eigenvalue weighted by molar-refractivity contribution is 6.03. The van der Waals surface area contributed by atoms with Crippen LogP contribution in [0.3, 0.4) is 0 Å². The first kappa shape index (κ1) is 16.7. The molecule has 27 heavy (non-hydrogen) atoms. The van der Waals surface area contributed by atoms with Gasteiger partial charge in [-0.3, -0.25) is 15.0 Å². The lowest BCUT2D eigenvalue weighted by Crippen LogP contribution is -2.52. The van der Waals surface area contributed by atoms with E-state index in [1.54, 1.807) is 60.7 Å². The summed E-state index contributed by atoms with van der Waals surface area (Å²) in [5, 5.41) is 14.1. The van der Waals surface area contributed by atoms with Gasteiger partial charge >= 0.3 is 0 Å². The van der Waals surface area contributed by atoms with Gasteiger partial charge in [0.15, 0.2) is 0 Å². The van der Waals surface area contributed by atoms with Crippen LogP contribution >= 0.6 is 0 Å². The molecule has 0 saturated heterocycles. The number of benzene rings is 3. The zero-order valence-electron chi connectivity index (χ0n) is 14.3.